The summed E-state index contributed by atoms with van der Waals surface area (Å²) in [5.41, 5.74) is 2.06. The number of ether oxygens (including phenoxy) is 1. The fraction of sp³-hybridized carbons (Fsp3) is 0.118. The largest absolute Gasteiger partial charge is 0.481 e. The summed E-state index contributed by atoms with van der Waals surface area (Å²) in [6, 6.07) is 12.8. The van der Waals surface area contributed by atoms with Crippen molar-refractivity contribution in [2.24, 2.45) is 0 Å². The molecule has 0 radical (unpaired) electrons. The van der Waals surface area contributed by atoms with Gasteiger partial charge in [-0.3, -0.25) is 4.79 Å². The van der Waals surface area contributed by atoms with Crippen molar-refractivity contribution in [2.45, 2.75) is 0 Å². The summed E-state index contributed by atoms with van der Waals surface area (Å²) in [6.07, 6.45) is 0. The Balaban J connectivity index is 1.47. The Morgan fingerprint density at radius 3 is 2.92 bits per heavy atom. The molecule has 0 aliphatic rings. The van der Waals surface area contributed by atoms with Gasteiger partial charge in [-0.2, -0.15) is 8.75 Å². The lowest BCUT2D eigenvalue weighted by atomic mass is 10.2. The summed E-state index contributed by atoms with van der Waals surface area (Å²) in [5.74, 6) is 6.28. The Labute approximate surface area is 151 Å². The highest BCUT2D eigenvalue weighted by Crippen LogP contribution is 2.17. The van der Waals surface area contributed by atoms with Crippen LogP contribution in [0.2, 0.25) is 0 Å². The predicted molar refractivity (Wildman–Crippen MR) is 97.2 cm³/mol. The van der Waals surface area contributed by atoms with Crippen molar-refractivity contribution in [3.63, 3.8) is 0 Å². The van der Waals surface area contributed by atoms with Crippen LogP contribution in [-0.4, -0.2) is 27.8 Å². The van der Waals surface area contributed by atoms with E-state index in [2.05, 4.69) is 41.8 Å². The van der Waals surface area contributed by atoms with Crippen molar-refractivity contribution in [2.75, 3.05) is 13.2 Å². The molecule has 1 heterocycles. The maximum absolute atomic E-state index is 12.0. The molecule has 0 bridgehead atoms. The summed E-state index contributed by atoms with van der Waals surface area (Å²) in [4.78, 5) is 12.0. The minimum absolute atomic E-state index is 0.188. The van der Waals surface area contributed by atoms with Crippen LogP contribution < -0.4 is 10.1 Å². The molecule has 0 aliphatic carbocycles. The summed E-state index contributed by atoms with van der Waals surface area (Å²) in [5, 5.41) is 2.74. The van der Waals surface area contributed by atoms with Gasteiger partial charge in [0.2, 0.25) is 0 Å². The van der Waals surface area contributed by atoms with Crippen LogP contribution in [0.3, 0.4) is 0 Å². The molecule has 0 spiro atoms. The van der Waals surface area contributed by atoms with Crippen LogP contribution in [0.1, 0.15) is 10.4 Å². The normalized spacial score (nSPS) is 10.0. The third-order valence-electron chi connectivity index (χ3n) is 3.09. The average molecular weight is 402 g/mol. The fourth-order valence-electron chi connectivity index (χ4n) is 1.94. The van der Waals surface area contributed by atoms with Crippen molar-refractivity contribution < 1.29 is 9.53 Å². The van der Waals surface area contributed by atoms with E-state index in [1.807, 2.05) is 24.3 Å². The van der Waals surface area contributed by atoms with Gasteiger partial charge in [0, 0.05) is 10.0 Å². The molecule has 24 heavy (non-hydrogen) atoms. The van der Waals surface area contributed by atoms with E-state index in [9.17, 15) is 4.79 Å². The summed E-state index contributed by atoms with van der Waals surface area (Å²) in [7, 11) is 0. The first-order chi connectivity index (χ1) is 11.7. The van der Waals surface area contributed by atoms with Crippen LogP contribution in [-0.2, 0) is 0 Å². The first kappa shape index (κ1) is 16.4. The molecule has 1 N–H and O–H groups in total. The number of carbonyl (C=O) groups is 1. The number of halogens is 1. The lowest BCUT2D eigenvalue weighted by Crippen LogP contribution is -2.23. The summed E-state index contributed by atoms with van der Waals surface area (Å²) in [6.45, 7) is 0.525. The molecule has 0 fully saturated rings. The van der Waals surface area contributed by atoms with Gasteiger partial charge in [0.25, 0.3) is 5.91 Å². The molecular weight excluding hydrogens is 390 g/mol. The van der Waals surface area contributed by atoms with Crippen LogP contribution in [0.25, 0.3) is 11.0 Å². The van der Waals surface area contributed by atoms with Gasteiger partial charge in [0.15, 0.2) is 0 Å². The maximum Gasteiger partial charge on any atom is 0.252 e. The van der Waals surface area contributed by atoms with Crippen molar-refractivity contribution in [1.82, 2.24) is 14.1 Å². The molecule has 7 heteroatoms. The zero-order valence-corrected chi connectivity index (χ0v) is 14.9. The van der Waals surface area contributed by atoms with E-state index in [-0.39, 0.29) is 19.1 Å². The molecule has 120 valence electrons. The highest BCUT2D eigenvalue weighted by molar-refractivity contribution is 9.10. The zero-order chi connectivity index (χ0) is 16.8. The van der Waals surface area contributed by atoms with Gasteiger partial charge in [-0.25, -0.2) is 0 Å². The van der Waals surface area contributed by atoms with Gasteiger partial charge in [-0.15, -0.1) is 0 Å². The Morgan fingerprint density at radius 2 is 2.04 bits per heavy atom. The van der Waals surface area contributed by atoms with E-state index in [4.69, 9.17) is 4.74 Å². The number of hydrogen-bond donors (Lipinski definition) is 1. The molecule has 3 aromatic rings. The quantitative estimate of drug-likeness (QED) is 0.681. The van der Waals surface area contributed by atoms with Gasteiger partial charge in [0.05, 0.1) is 18.3 Å². The minimum atomic E-state index is -0.188. The van der Waals surface area contributed by atoms with E-state index >= 15 is 0 Å². The Bertz CT molecular complexity index is 930. The van der Waals surface area contributed by atoms with Gasteiger partial charge in [-0.1, -0.05) is 33.8 Å². The van der Waals surface area contributed by atoms with E-state index < -0.39 is 0 Å². The molecule has 3 rings (SSSR count). The van der Waals surface area contributed by atoms with Crippen molar-refractivity contribution in [3.8, 4) is 17.6 Å². The third kappa shape index (κ3) is 4.31. The van der Waals surface area contributed by atoms with Crippen molar-refractivity contribution >= 4 is 44.6 Å². The topological polar surface area (TPSA) is 64.1 Å². The molecule has 0 unspecified atom stereocenters. The van der Waals surface area contributed by atoms with Crippen LogP contribution in [0, 0.1) is 11.8 Å². The summed E-state index contributed by atoms with van der Waals surface area (Å²) < 4.78 is 14.7. The second-order valence-corrected chi connectivity index (χ2v) is 6.19. The second kappa shape index (κ2) is 7.90. The number of fused-ring (bicyclic) bond motifs is 1. The van der Waals surface area contributed by atoms with Crippen LogP contribution in [0.15, 0.2) is 46.9 Å². The molecule has 0 atom stereocenters. The van der Waals surface area contributed by atoms with E-state index in [1.165, 1.54) is 0 Å². The first-order valence-corrected chi connectivity index (χ1v) is 8.59. The van der Waals surface area contributed by atoms with Gasteiger partial charge in [0.1, 0.15) is 23.4 Å². The van der Waals surface area contributed by atoms with Gasteiger partial charge >= 0.3 is 0 Å². The highest BCUT2D eigenvalue weighted by Gasteiger charge is 2.06. The van der Waals surface area contributed by atoms with Gasteiger partial charge in [-0.05, 0) is 36.4 Å². The van der Waals surface area contributed by atoms with Crippen LogP contribution in [0.5, 0.6) is 5.75 Å². The highest BCUT2D eigenvalue weighted by atomic mass is 79.9. The average Bonchev–Trinajstić information content (AvgIpc) is 3.05. The summed E-state index contributed by atoms with van der Waals surface area (Å²) >= 11 is 4.50. The monoisotopic (exact) mass is 401 g/mol. The molecule has 1 aromatic heterocycles. The lowest BCUT2D eigenvalue weighted by molar-refractivity contribution is 0.0959. The Kier molecular flexibility index (Phi) is 5.41. The third-order valence-corrected chi connectivity index (χ3v) is 4.14. The minimum Gasteiger partial charge on any atom is -0.481 e. The fourth-order valence-corrected chi connectivity index (χ4v) is 2.84. The molecule has 0 saturated carbocycles. The standard InChI is InChI=1S/C17H12BrN3O2S/c18-13-4-3-5-14(11-13)23-9-2-1-8-19-17(22)12-6-7-15-16(10-12)21-24-20-15/h3-7,10-11H,8-9H2,(H,19,22). The molecule has 2 aromatic carbocycles. The second-order valence-electron chi connectivity index (χ2n) is 4.75. The number of nitrogens with zero attached hydrogens (tertiary/aromatic N) is 2. The number of amides is 1. The SMILES string of the molecule is O=C(NCC#CCOc1cccc(Br)c1)c1ccc2nsnc2c1. The Hall–Kier alpha value is -2.43. The number of benzene rings is 2. The van der Waals surface area contributed by atoms with Gasteiger partial charge < -0.3 is 10.1 Å². The molecule has 0 aliphatic heterocycles. The number of rotatable bonds is 4. The van der Waals surface area contributed by atoms with E-state index in [0.717, 1.165) is 33.0 Å². The maximum atomic E-state index is 12.0. The smallest absolute Gasteiger partial charge is 0.252 e. The zero-order valence-electron chi connectivity index (χ0n) is 12.5. The number of hydrogen-bond acceptors (Lipinski definition) is 5. The van der Waals surface area contributed by atoms with Crippen LogP contribution >= 0.6 is 27.7 Å². The number of aromatic nitrogens is 2. The first-order valence-electron chi connectivity index (χ1n) is 7.07. The predicted octanol–water partition coefficient (Wildman–Crippen LogP) is 3.27. The van der Waals surface area contributed by atoms with Crippen molar-refractivity contribution in [3.05, 3.63) is 52.5 Å². The molecule has 5 nitrogen and oxygen atoms in total. The van der Waals surface area contributed by atoms with Crippen LogP contribution in [0.4, 0.5) is 0 Å². The Morgan fingerprint density at radius 1 is 1.17 bits per heavy atom. The molecular formula is C17H12BrN3O2S. The number of carbonyl (C=O) groups excluding carboxylic acids is 1. The van der Waals surface area contributed by atoms with E-state index in [1.54, 1.807) is 18.2 Å². The van der Waals surface area contributed by atoms with Crippen molar-refractivity contribution in [1.29, 1.82) is 0 Å². The molecule has 1 amide bonds. The lowest BCUT2D eigenvalue weighted by Gasteiger charge is -2.02. The van der Waals surface area contributed by atoms with E-state index in [0.29, 0.717) is 5.56 Å². The molecule has 0 saturated heterocycles. The number of nitrogens with one attached hydrogen (secondary N) is 1.